The Bertz CT molecular complexity index is 707. The number of hydrogen-bond acceptors (Lipinski definition) is 3. The van der Waals surface area contributed by atoms with Gasteiger partial charge in [0.1, 0.15) is 0 Å². The van der Waals surface area contributed by atoms with Gasteiger partial charge in [-0.25, -0.2) is 0 Å². The number of amides is 1. The van der Waals surface area contributed by atoms with Crippen molar-refractivity contribution in [3.05, 3.63) is 56.6 Å². The van der Waals surface area contributed by atoms with Crippen molar-refractivity contribution < 1.29 is 4.79 Å². The molecule has 3 nitrogen and oxygen atoms in total. The predicted molar refractivity (Wildman–Crippen MR) is 91.9 cm³/mol. The lowest BCUT2D eigenvalue weighted by molar-refractivity contribution is -0.120. The summed E-state index contributed by atoms with van der Waals surface area (Å²) in [6, 6.07) is 7.32. The molecular weight excluding hydrogens is 339 g/mol. The number of thioether (sulfide) groups is 1. The van der Waals surface area contributed by atoms with Crippen LogP contribution in [0.1, 0.15) is 24.8 Å². The second-order valence-electron chi connectivity index (χ2n) is 5.07. The van der Waals surface area contributed by atoms with Crippen molar-refractivity contribution in [2.45, 2.75) is 19.3 Å². The first kappa shape index (κ1) is 17.0. The largest absolute Gasteiger partial charge is 0.320 e. The Morgan fingerprint density at radius 2 is 2.27 bits per heavy atom. The fourth-order valence-electron chi connectivity index (χ4n) is 2.18. The Hall–Kier alpha value is -1.41. The van der Waals surface area contributed by atoms with Gasteiger partial charge in [0, 0.05) is 28.1 Å². The lowest BCUT2D eigenvalue weighted by atomic mass is 9.87. The van der Waals surface area contributed by atoms with Gasteiger partial charge in [-0.2, -0.15) is 5.26 Å². The summed E-state index contributed by atoms with van der Waals surface area (Å²) >= 11 is 13.6. The molecule has 1 aliphatic rings. The van der Waals surface area contributed by atoms with Crippen LogP contribution in [0.5, 0.6) is 0 Å². The van der Waals surface area contributed by atoms with Gasteiger partial charge in [0.2, 0.25) is 5.91 Å². The first-order chi connectivity index (χ1) is 10.4. The minimum atomic E-state index is -0.351. The van der Waals surface area contributed by atoms with Crippen molar-refractivity contribution in [2.75, 3.05) is 5.75 Å². The van der Waals surface area contributed by atoms with Crippen LogP contribution in [0.25, 0.3) is 0 Å². The summed E-state index contributed by atoms with van der Waals surface area (Å²) in [7, 11) is 0. The summed E-state index contributed by atoms with van der Waals surface area (Å²) in [5.41, 5.74) is 2.23. The first-order valence-electron chi connectivity index (χ1n) is 6.58. The molecule has 0 bridgehead atoms. The van der Waals surface area contributed by atoms with E-state index in [1.807, 2.05) is 6.92 Å². The van der Waals surface area contributed by atoms with Crippen LogP contribution in [0, 0.1) is 11.3 Å². The number of nitriles is 1. The molecule has 1 aliphatic heterocycles. The van der Waals surface area contributed by atoms with Crippen LogP contribution >= 0.6 is 35.0 Å². The van der Waals surface area contributed by atoms with Gasteiger partial charge in [-0.1, -0.05) is 41.4 Å². The normalized spacial score (nSPS) is 17.9. The number of carbonyl (C=O) groups excluding carboxylic acids is 1. The number of nitrogens with one attached hydrogen (secondary N) is 1. The molecule has 2 rings (SSSR count). The fourth-order valence-corrected chi connectivity index (χ4v) is 3.64. The average molecular weight is 353 g/mol. The lowest BCUT2D eigenvalue weighted by Crippen LogP contribution is -2.31. The van der Waals surface area contributed by atoms with Gasteiger partial charge in [-0.15, -0.1) is 11.8 Å². The predicted octanol–water partition coefficient (Wildman–Crippen LogP) is 4.64. The van der Waals surface area contributed by atoms with Crippen molar-refractivity contribution in [3.8, 4) is 6.07 Å². The third kappa shape index (κ3) is 3.86. The lowest BCUT2D eigenvalue weighted by Gasteiger charge is -2.25. The molecule has 22 heavy (non-hydrogen) atoms. The Labute approximate surface area is 144 Å². The second-order valence-corrected chi connectivity index (χ2v) is 6.90. The highest BCUT2D eigenvalue weighted by Crippen LogP contribution is 2.39. The van der Waals surface area contributed by atoms with E-state index in [1.165, 1.54) is 11.8 Å². The van der Waals surface area contributed by atoms with E-state index >= 15 is 0 Å². The number of halogens is 2. The SMILES string of the molecule is C=C(C)CSC1=C(C#N)C(c2ccc(Cl)cc2Cl)CC(=O)N1. The summed E-state index contributed by atoms with van der Waals surface area (Å²) in [5.74, 6) is 0.164. The van der Waals surface area contributed by atoms with Gasteiger partial charge >= 0.3 is 0 Å². The van der Waals surface area contributed by atoms with Crippen molar-refractivity contribution >= 4 is 40.9 Å². The molecule has 1 aromatic carbocycles. The van der Waals surface area contributed by atoms with E-state index in [4.69, 9.17) is 23.2 Å². The van der Waals surface area contributed by atoms with Crippen molar-refractivity contribution in [2.24, 2.45) is 0 Å². The highest BCUT2D eigenvalue weighted by Gasteiger charge is 2.30. The van der Waals surface area contributed by atoms with Crippen molar-refractivity contribution in [1.29, 1.82) is 5.26 Å². The van der Waals surface area contributed by atoms with E-state index in [0.29, 0.717) is 26.4 Å². The molecule has 1 N–H and O–H groups in total. The maximum absolute atomic E-state index is 12.0. The molecule has 1 atom stereocenters. The topological polar surface area (TPSA) is 52.9 Å². The summed E-state index contributed by atoms with van der Waals surface area (Å²) in [4.78, 5) is 12.0. The molecule has 0 saturated heterocycles. The van der Waals surface area contributed by atoms with Crippen LogP contribution in [0.4, 0.5) is 0 Å². The number of carbonyl (C=O) groups is 1. The van der Waals surface area contributed by atoms with Crippen LogP contribution in [0.15, 0.2) is 41.0 Å². The van der Waals surface area contributed by atoms with Gasteiger partial charge in [0.05, 0.1) is 16.7 Å². The molecule has 114 valence electrons. The quantitative estimate of drug-likeness (QED) is 0.802. The molecule has 1 heterocycles. The molecular formula is C16H14Cl2N2OS. The average Bonchev–Trinajstić information content (AvgIpc) is 2.44. The zero-order valence-electron chi connectivity index (χ0n) is 12.0. The van der Waals surface area contributed by atoms with E-state index in [-0.39, 0.29) is 18.2 Å². The van der Waals surface area contributed by atoms with Crippen LogP contribution < -0.4 is 5.32 Å². The van der Waals surface area contributed by atoms with Gasteiger partial charge < -0.3 is 5.32 Å². The van der Waals surface area contributed by atoms with E-state index in [0.717, 1.165) is 11.1 Å². The zero-order valence-corrected chi connectivity index (χ0v) is 14.3. The standard InChI is InChI=1S/C16H14Cl2N2OS/c1-9(2)8-22-16-13(7-19)12(6-15(21)20-16)11-4-3-10(17)5-14(11)18/h3-5,12H,1,6,8H2,2H3,(H,20,21). The summed E-state index contributed by atoms with van der Waals surface area (Å²) in [5, 5.41) is 13.9. The Balaban J connectivity index is 2.44. The minimum absolute atomic E-state index is 0.126. The highest BCUT2D eigenvalue weighted by atomic mass is 35.5. The first-order valence-corrected chi connectivity index (χ1v) is 8.32. The van der Waals surface area contributed by atoms with Gasteiger partial charge in [-0.3, -0.25) is 4.79 Å². The summed E-state index contributed by atoms with van der Waals surface area (Å²) in [6.45, 7) is 5.74. The fraction of sp³-hybridized carbons (Fsp3) is 0.250. The number of allylic oxidation sites excluding steroid dienone is 1. The molecule has 1 aromatic rings. The van der Waals surface area contributed by atoms with Crippen LogP contribution in [0.2, 0.25) is 10.0 Å². The summed E-state index contributed by atoms with van der Waals surface area (Å²) < 4.78 is 0. The third-order valence-corrected chi connectivity index (χ3v) is 4.97. The van der Waals surface area contributed by atoms with Gasteiger partial charge in [0.25, 0.3) is 0 Å². The zero-order chi connectivity index (χ0) is 16.3. The monoisotopic (exact) mass is 352 g/mol. The maximum atomic E-state index is 12.0. The molecule has 0 aliphatic carbocycles. The van der Waals surface area contributed by atoms with Gasteiger partial charge in [-0.05, 0) is 24.6 Å². The number of rotatable bonds is 4. The third-order valence-electron chi connectivity index (χ3n) is 3.16. The number of hydrogen-bond donors (Lipinski definition) is 1. The summed E-state index contributed by atoms with van der Waals surface area (Å²) in [6.07, 6.45) is 0.196. The molecule has 0 radical (unpaired) electrons. The van der Waals surface area contributed by atoms with Crippen molar-refractivity contribution in [3.63, 3.8) is 0 Å². The minimum Gasteiger partial charge on any atom is -0.320 e. The van der Waals surface area contributed by atoms with E-state index < -0.39 is 0 Å². The number of benzene rings is 1. The van der Waals surface area contributed by atoms with E-state index in [2.05, 4.69) is 18.0 Å². The molecule has 0 fully saturated rings. The van der Waals surface area contributed by atoms with Crippen LogP contribution in [-0.4, -0.2) is 11.7 Å². The van der Waals surface area contributed by atoms with E-state index in [9.17, 15) is 10.1 Å². The Morgan fingerprint density at radius 3 is 2.86 bits per heavy atom. The molecule has 0 spiro atoms. The molecule has 0 aromatic heterocycles. The van der Waals surface area contributed by atoms with Crippen LogP contribution in [0.3, 0.4) is 0 Å². The highest BCUT2D eigenvalue weighted by molar-refractivity contribution is 8.03. The van der Waals surface area contributed by atoms with Crippen molar-refractivity contribution in [1.82, 2.24) is 5.32 Å². The Morgan fingerprint density at radius 1 is 1.55 bits per heavy atom. The second kappa shape index (κ2) is 7.23. The molecule has 1 amide bonds. The number of nitrogens with zero attached hydrogens (tertiary/aromatic N) is 1. The van der Waals surface area contributed by atoms with E-state index in [1.54, 1.807) is 18.2 Å². The maximum Gasteiger partial charge on any atom is 0.225 e. The smallest absolute Gasteiger partial charge is 0.225 e. The van der Waals surface area contributed by atoms with Gasteiger partial charge in [0.15, 0.2) is 0 Å². The molecule has 0 saturated carbocycles. The van der Waals surface area contributed by atoms with Crippen LogP contribution in [-0.2, 0) is 4.79 Å². The molecule has 6 heteroatoms. The Kier molecular flexibility index (Phi) is 5.57. The molecule has 1 unspecified atom stereocenters.